The summed E-state index contributed by atoms with van der Waals surface area (Å²) in [6, 6.07) is 2.96. The molecule has 3 rings (SSSR count). The van der Waals surface area contributed by atoms with Gasteiger partial charge in [0.15, 0.2) is 5.82 Å². The van der Waals surface area contributed by atoms with Crippen molar-refractivity contribution in [1.82, 2.24) is 20.3 Å². The minimum absolute atomic E-state index is 0.362. The van der Waals surface area contributed by atoms with Crippen molar-refractivity contribution in [1.29, 1.82) is 0 Å². The van der Waals surface area contributed by atoms with Gasteiger partial charge in [-0.15, -0.1) is 0 Å². The maximum absolute atomic E-state index is 12.8. The maximum atomic E-state index is 12.8. The van der Waals surface area contributed by atoms with Crippen LogP contribution in [0.3, 0.4) is 0 Å². The molecule has 1 aliphatic heterocycles. The second-order valence-corrected chi connectivity index (χ2v) is 4.52. The number of fused-ring (bicyclic) bond motifs is 1. The van der Waals surface area contributed by atoms with E-state index in [1.165, 1.54) is 12.3 Å². The molecule has 0 spiro atoms. The van der Waals surface area contributed by atoms with Crippen molar-refractivity contribution in [3.63, 3.8) is 0 Å². The molecule has 2 aromatic heterocycles. The molecule has 6 heteroatoms. The number of aromatic amines is 1. The van der Waals surface area contributed by atoms with Gasteiger partial charge in [-0.2, -0.15) is 0 Å². The van der Waals surface area contributed by atoms with Gasteiger partial charge < -0.3 is 10.3 Å². The van der Waals surface area contributed by atoms with Gasteiger partial charge in [0, 0.05) is 30.8 Å². The lowest BCUT2D eigenvalue weighted by Gasteiger charge is -2.17. The lowest BCUT2D eigenvalue weighted by atomic mass is 10.1. The van der Waals surface area contributed by atoms with E-state index in [1.54, 1.807) is 6.07 Å². The first kappa shape index (κ1) is 11.4. The molecule has 0 saturated carbocycles. The molecule has 3 heterocycles. The highest BCUT2D eigenvalue weighted by Crippen LogP contribution is 2.18. The van der Waals surface area contributed by atoms with E-state index >= 15 is 0 Å². The minimum Gasteiger partial charge on any atom is -0.341 e. The smallest absolute Gasteiger partial charge is 0.157 e. The largest absolute Gasteiger partial charge is 0.341 e. The molecular weight excluding hydrogens is 251 g/mol. The fourth-order valence-electron chi connectivity index (χ4n) is 2.00. The van der Waals surface area contributed by atoms with Gasteiger partial charge in [0.25, 0.3) is 0 Å². The summed E-state index contributed by atoms with van der Waals surface area (Å²) in [5, 5.41) is 3.26. The lowest BCUT2D eigenvalue weighted by molar-refractivity contribution is 0.620. The number of hydrogen-bond donors (Lipinski definition) is 2. The van der Waals surface area contributed by atoms with Gasteiger partial charge in [0.1, 0.15) is 16.2 Å². The van der Waals surface area contributed by atoms with Crippen LogP contribution in [0.2, 0.25) is 0 Å². The molecule has 1 aliphatic rings. The molecule has 0 aliphatic carbocycles. The zero-order valence-electron chi connectivity index (χ0n) is 9.53. The third-order valence-electron chi connectivity index (χ3n) is 2.93. The summed E-state index contributed by atoms with van der Waals surface area (Å²) >= 11 is 5.28. The zero-order chi connectivity index (χ0) is 12.5. The minimum atomic E-state index is -0.362. The molecule has 2 N–H and O–H groups in total. The quantitative estimate of drug-likeness (QED) is 0.772. The summed E-state index contributed by atoms with van der Waals surface area (Å²) in [5.74, 6) is 0.236. The number of hydrogen-bond acceptors (Lipinski definition) is 4. The average molecular weight is 262 g/mol. The Kier molecular flexibility index (Phi) is 2.89. The van der Waals surface area contributed by atoms with Gasteiger partial charge in [-0.3, -0.25) is 0 Å². The number of nitrogens with one attached hydrogen (secondary N) is 2. The van der Waals surface area contributed by atoms with Crippen molar-refractivity contribution in [2.24, 2.45) is 0 Å². The third-order valence-corrected chi connectivity index (χ3v) is 3.27. The summed E-state index contributed by atoms with van der Waals surface area (Å²) in [7, 11) is 0. The van der Waals surface area contributed by atoms with E-state index in [0.717, 1.165) is 30.8 Å². The molecule has 0 fully saturated rings. The summed E-state index contributed by atoms with van der Waals surface area (Å²) in [4.78, 5) is 11.6. The second kappa shape index (κ2) is 4.55. The molecule has 92 valence electrons. The van der Waals surface area contributed by atoms with E-state index < -0.39 is 0 Å². The molecule has 0 unspecified atom stereocenters. The Morgan fingerprint density at radius 1 is 1.33 bits per heavy atom. The number of rotatable bonds is 1. The first-order valence-electron chi connectivity index (χ1n) is 5.69. The number of pyridine rings is 1. The van der Waals surface area contributed by atoms with Gasteiger partial charge in [0.2, 0.25) is 0 Å². The van der Waals surface area contributed by atoms with Crippen molar-refractivity contribution >= 4 is 12.2 Å². The normalized spacial score (nSPS) is 14.3. The molecule has 2 aromatic rings. The summed E-state index contributed by atoms with van der Waals surface area (Å²) in [5.41, 5.74) is 2.74. The van der Waals surface area contributed by atoms with E-state index in [0.29, 0.717) is 16.2 Å². The van der Waals surface area contributed by atoms with Gasteiger partial charge in [-0.25, -0.2) is 14.4 Å². The van der Waals surface area contributed by atoms with Gasteiger partial charge in [0.05, 0.1) is 6.20 Å². The van der Waals surface area contributed by atoms with Crippen molar-refractivity contribution < 1.29 is 4.39 Å². The van der Waals surface area contributed by atoms with Crippen LogP contribution in [0.5, 0.6) is 0 Å². The maximum Gasteiger partial charge on any atom is 0.157 e. The molecule has 0 aromatic carbocycles. The van der Waals surface area contributed by atoms with E-state index in [-0.39, 0.29) is 5.82 Å². The van der Waals surface area contributed by atoms with Crippen LogP contribution < -0.4 is 5.32 Å². The van der Waals surface area contributed by atoms with Crippen LogP contribution in [-0.2, 0) is 13.0 Å². The van der Waals surface area contributed by atoms with E-state index in [1.807, 2.05) is 0 Å². The van der Waals surface area contributed by atoms with E-state index in [9.17, 15) is 4.39 Å². The van der Waals surface area contributed by atoms with Gasteiger partial charge >= 0.3 is 0 Å². The van der Waals surface area contributed by atoms with Crippen LogP contribution in [0, 0.1) is 10.5 Å². The molecule has 18 heavy (non-hydrogen) atoms. The Balaban J connectivity index is 2.11. The summed E-state index contributed by atoms with van der Waals surface area (Å²) in [6.45, 7) is 1.66. The number of aromatic nitrogens is 3. The average Bonchev–Trinajstić information content (AvgIpc) is 2.39. The Bertz CT molecular complexity index is 636. The Hall–Kier alpha value is -1.66. The number of halogens is 1. The topological polar surface area (TPSA) is 53.6 Å². The van der Waals surface area contributed by atoms with Crippen molar-refractivity contribution in [2.75, 3.05) is 6.54 Å². The van der Waals surface area contributed by atoms with Gasteiger partial charge in [-0.05, 0) is 12.1 Å². The first-order chi connectivity index (χ1) is 8.74. The second-order valence-electron chi connectivity index (χ2n) is 4.14. The molecule has 4 nitrogen and oxygen atoms in total. The zero-order valence-corrected chi connectivity index (χ0v) is 10.4. The predicted molar refractivity (Wildman–Crippen MR) is 68.0 cm³/mol. The van der Waals surface area contributed by atoms with Crippen LogP contribution >= 0.6 is 12.2 Å². The van der Waals surface area contributed by atoms with Crippen molar-refractivity contribution in [3.8, 4) is 11.5 Å². The van der Waals surface area contributed by atoms with Crippen LogP contribution in [-0.4, -0.2) is 21.5 Å². The molecule has 0 radical (unpaired) electrons. The van der Waals surface area contributed by atoms with Crippen LogP contribution in [0.4, 0.5) is 4.39 Å². The monoisotopic (exact) mass is 262 g/mol. The standard InChI is InChI=1S/C12H11FN4S/c13-7-1-2-10(15-5-7)11-16-9-3-4-14-6-8(9)12(18)17-11/h1-2,5,14H,3-4,6H2,(H,16,17,18). The highest BCUT2D eigenvalue weighted by molar-refractivity contribution is 7.71. The van der Waals surface area contributed by atoms with Crippen LogP contribution in [0.15, 0.2) is 18.3 Å². The third kappa shape index (κ3) is 2.04. The van der Waals surface area contributed by atoms with Crippen molar-refractivity contribution in [3.05, 3.63) is 40.0 Å². The van der Waals surface area contributed by atoms with Crippen LogP contribution in [0.1, 0.15) is 11.3 Å². The summed E-state index contributed by atoms with van der Waals surface area (Å²) in [6.07, 6.45) is 2.06. The van der Waals surface area contributed by atoms with E-state index in [2.05, 4.69) is 20.3 Å². The highest BCUT2D eigenvalue weighted by atomic mass is 32.1. The van der Waals surface area contributed by atoms with Gasteiger partial charge in [-0.1, -0.05) is 12.2 Å². The SMILES string of the molecule is Fc1ccc(-c2nc(=S)c3c([nH]2)CCNC3)nc1. The highest BCUT2D eigenvalue weighted by Gasteiger charge is 2.13. The molecule has 0 amide bonds. The molecule has 0 atom stereocenters. The fraction of sp³-hybridized carbons (Fsp3) is 0.250. The number of H-pyrrole nitrogens is 1. The molecular formula is C12H11FN4S. The number of nitrogens with zero attached hydrogens (tertiary/aromatic N) is 2. The Morgan fingerprint density at radius 3 is 3.00 bits per heavy atom. The van der Waals surface area contributed by atoms with E-state index in [4.69, 9.17) is 12.2 Å². The Morgan fingerprint density at radius 2 is 2.22 bits per heavy atom. The first-order valence-corrected chi connectivity index (χ1v) is 6.09. The predicted octanol–water partition coefficient (Wildman–Crippen LogP) is 1.99. The molecule has 0 saturated heterocycles. The van der Waals surface area contributed by atoms with Crippen LogP contribution in [0.25, 0.3) is 11.5 Å². The fourth-order valence-corrected chi connectivity index (χ4v) is 2.29. The molecule has 0 bridgehead atoms. The summed E-state index contributed by atoms with van der Waals surface area (Å²) < 4.78 is 13.4. The lowest BCUT2D eigenvalue weighted by Crippen LogP contribution is -2.25. The Labute approximate surface area is 108 Å². The van der Waals surface area contributed by atoms with Crippen molar-refractivity contribution in [2.45, 2.75) is 13.0 Å².